The zero-order valence-corrected chi connectivity index (χ0v) is 13.9. The molecule has 3 aromatic heterocycles. The molecule has 0 aliphatic carbocycles. The molecular formula is C14H8BrN7O3. The summed E-state index contributed by atoms with van der Waals surface area (Å²) in [5.41, 5.74) is 4.71. The van der Waals surface area contributed by atoms with Gasteiger partial charge in [-0.15, -0.1) is 10.2 Å². The maximum atomic E-state index is 10.5. The molecule has 0 saturated heterocycles. The summed E-state index contributed by atoms with van der Waals surface area (Å²) in [4.78, 5) is 17.4. The minimum absolute atomic E-state index is 0.176. The van der Waals surface area contributed by atoms with E-state index in [4.69, 9.17) is 4.42 Å². The molecule has 0 bridgehead atoms. The van der Waals surface area contributed by atoms with Crippen LogP contribution in [0.25, 0.3) is 22.1 Å². The van der Waals surface area contributed by atoms with Gasteiger partial charge in [0, 0.05) is 15.4 Å². The topological polar surface area (TPSA) is 135 Å². The quantitative estimate of drug-likeness (QED) is 0.304. The summed E-state index contributed by atoms with van der Waals surface area (Å²) in [6, 6.07) is 8.43. The molecule has 0 spiro atoms. The van der Waals surface area contributed by atoms with Gasteiger partial charge in [-0.05, 0) is 24.3 Å². The van der Waals surface area contributed by atoms with Gasteiger partial charge in [-0.1, -0.05) is 15.9 Å². The van der Waals surface area contributed by atoms with Crippen LogP contribution in [-0.4, -0.2) is 31.3 Å². The van der Waals surface area contributed by atoms with Gasteiger partial charge in [-0.25, -0.2) is 5.43 Å². The van der Waals surface area contributed by atoms with Crippen LogP contribution in [0.4, 0.5) is 11.8 Å². The van der Waals surface area contributed by atoms with Crippen molar-refractivity contribution in [2.24, 2.45) is 5.10 Å². The normalized spacial score (nSPS) is 11.6. The van der Waals surface area contributed by atoms with Crippen LogP contribution in [0.1, 0.15) is 5.76 Å². The Morgan fingerprint density at radius 2 is 2.20 bits per heavy atom. The molecule has 10 nitrogen and oxygen atoms in total. The summed E-state index contributed by atoms with van der Waals surface area (Å²) in [5.74, 6) is 0.0455. The van der Waals surface area contributed by atoms with Crippen LogP contribution < -0.4 is 5.43 Å². The number of fused-ring (bicyclic) bond motifs is 3. The van der Waals surface area contributed by atoms with Crippen LogP contribution in [0, 0.1) is 10.1 Å². The van der Waals surface area contributed by atoms with Gasteiger partial charge in [0.15, 0.2) is 11.4 Å². The van der Waals surface area contributed by atoms with Gasteiger partial charge >= 0.3 is 5.88 Å². The van der Waals surface area contributed by atoms with Crippen LogP contribution >= 0.6 is 15.9 Å². The maximum Gasteiger partial charge on any atom is 0.433 e. The molecule has 3 heterocycles. The van der Waals surface area contributed by atoms with Gasteiger partial charge in [-0.3, -0.25) is 10.1 Å². The van der Waals surface area contributed by atoms with E-state index >= 15 is 0 Å². The Kier molecular flexibility index (Phi) is 3.61. The Morgan fingerprint density at radius 3 is 3.00 bits per heavy atom. The lowest BCUT2D eigenvalue weighted by atomic mass is 10.2. The first-order valence-electron chi connectivity index (χ1n) is 6.95. The number of nitro groups is 1. The lowest BCUT2D eigenvalue weighted by Gasteiger charge is -1.96. The first-order valence-corrected chi connectivity index (χ1v) is 7.74. The number of hydrogen-bond acceptors (Lipinski definition) is 8. The van der Waals surface area contributed by atoms with Crippen molar-refractivity contribution >= 4 is 56.0 Å². The minimum atomic E-state index is -0.625. The Labute approximate surface area is 147 Å². The van der Waals surface area contributed by atoms with Crippen LogP contribution in [0.3, 0.4) is 0 Å². The molecule has 0 radical (unpaired) electrons. The predicted octanol–water partition coefficient (Wildman–Crippen LogP) is 3.22. The summed E-state index contributed by atoms with van der Waals surface area (Å²) in [5, 5.41) is 23.4. The lowest BCUT2D eigenvalue weighted by molar-refractivity contribution is -0.402. The number of rotatable bonds is 4. The van der Waals surface area contributed by atoms with Crippen molar-refractivity contribution in [1.82, 2.24) is 20.2 Å². The molecule has 124 valence electrons. The van der Waals surface area contributed by atoms with E-state index in [9.17, 15) is 10.1 Å². The number of halogens is 1. The summed E-state index contributed by atoms with van der Waals surface area (Å²) < 4.78 is 5.88. The highest BCUT2D eigenvalue weighted by Crippen LogP contribution is 2.25. The molecule has 0 aliphatic heterocycles. The SMILES string of the molecule is O=[N+]([O-])c1ccc(C=NNc2nnc3c(n2)[nH]c2ccc(Br)cc23)o1. The van der Waals surface area contributed by atoms with Crippen molar-refractivity contribution in [2.75, 3.05) is 5.43 Å². The first-order chi connectivity index (χ1) is 12.1. The van der Waals surface area contributed by atoms with Crippen LogP contribution in [0.2, 0.25) is 0 Å². The average Bonchev–Trinajstić information content (AvgIpc) is 3.19. The smallest absolute Gasteiger partial charge is 0.400 e. The van der Waals surface area contributed by atoms with Crippen LogP contribution in [-0.2, 0) is 0 Å². The molecule has 0 unspecified atom stereocenters. The van der Waals surface area contributed by atoms with E-state index in [0.29, 0.717) is 11.2 Å². The Hall–Kier alpha value is -3.34. The number of hydrazone groups is 1. The second-order valence-electron chi connectivity index (χ2n) is 4.95. The van der Waals surface area contributed by atoms with Crippen molar-refractivity contribution in [1.29, 1.82) is 0 Å². The molecule has 0 fully saturated rings. The second-order valence-corrected chi connectivity index (χ2v) is 5.87. The lowest BCUT2D eigenvalue weighted by Crippen LogP contribution is -1.98. The fraction of sp³-hybridized carbons (Fsp3) is 0. The number of nitrogens with one attached hydrogen (secondary N) is 2. The van der Waals surface area contributed by atoms with Gasteiger partial charge in [0.05, 0.1) is 12.3 Å². The summed E-state index contributed by atoms with van der Waals surface area (Å²) in [6.07, 6.45) is 1.28. The van der Waals surface area contributed by atoms with Gasteiger partial charge < -0.3 is 9.40 Å². The van der Waals surface area contributed by atoms with Gasteiger partial charge in [0.25, 0.3) is 5.95 Å². The largest absolute Gasteiger partial charge is 0.433 e. The summed E-state index contributed by atoms with van der Waals surface area (Å²) in [7, 11) is 0. The number of nitrogens with zero attached hydrogens (tertiary/aromatic N) is 5. The molecular weight excluding hydrogens is 394 g/mol. The van der Waals surface area contributed by atoms with E-state index in [1.807, 2.05) is 18.2 Å². The number of furan rings is 1. The first kappa shape index (κ1) is 15.2. The number of hydrogen-bond donors (Lipinski definition) is 2. The fourth-order valence-corrected chi connectivity index (χ4v) is 2.62. The zero-order valence-electron chi connectivity index (χ0n) is 12.3. The van der Waals surface area contributed by atoms with E-state index in [2.05, 4.69) is 46.6 Å². The van der Waals surface area contributed by atoms with E-state index in [-0.39, 0.29) is 17.6 Å². The number of aromatic amines is 1. The molecule has 2 N–H and O–H groups in total. The van der Waals surface area contributed by atoms with E-state index < -0.39 is 4.92 Å². The van der Waals surface area contributed by atoms with E-state index in [1.165, 1.54) is 18.3 Å². The Morgan fingerprint density at radius 1 is 1.32 bits per heavy atom. The van der Waals surface area contributed by atoms with Crippen LogP contribution in [0.5, 0.6) is 0 Å². The highest BCUT2D eigenvalue weighted by atomic mass is 79.9. The third-order valence-corrected chi connectivity index (χ3v) is 3.82. The van der Waals surface area contributed by atoms with Crippen molar-refractivity contribution in [2.45, 2.75) is 0 Å². The molecule has 4 rings (SSSR count). The monoisotopic (exact) mass is 401 g/mol. The number of benzene rings is 1. The molecule has 0 aliphatic rings. The minimum Gasteiger partial charge on any atom is -0.400 e. The summed E-state index contributed by atoms with van der Waals surface area (Å²) in [6.45, 7) is 0. The van der Waals surface area contributed by atoms with E-state index in [0.717, 1.165) is 15.4 Å². The molecule has 0 saturated carbocycles. The summed E-state index contributed by atoms with van der Waals surface area (Å²) >= 11 is 3.42. The molecule has 1 aromatic carbocycles. The molecule has 0 amide bonds. The second kappa shape index (κ2) is 5.94. The molecule has 4 aromatic rings. The third-order valence-electron chi connectivity index (χ3n) is 3.33. The average molecular weight is 402 g/mol. The highest BCUT2D eigenvalue weighted by Gasteiger charge is 2.11. The molecule has 11 heteroatoms. The zero-order chi connectivity index (χ0) is 17.4. The fourth-order valence-electron chi connectivity index (χ4n) is 2.25. The van der Waals surface area contributed by atoms with Gasteiger partial charge in [-0.2, -0.15) is 10.1 Å². The standard InChI is InChI=1S/C14H8BrN7O3/c15-7-1-3-10-9(5-7)12-13(17-10)18-14(21-19-12)20-16-6-8-2-4-11(25-8)22(23)24/h1-6H,(H2,17,18,20,21). The van der Waals surface area contributed by atoms with Crippen molar-refractivity contribution in [3.05, 3.63) is 50.7 Å². The molecule has 25 heavy (non-hydrogen) atoms. The Balaban J connectivity index is 1.58. The van der Waals surface area contributed by atoms with E-state index in [1.54, 1.807) is 0 Å². The Bertz CT molecular complexity index is 1130. The number of aromatic nitrogens is 4. The number of anilines is 1. The highest BCUT2D eigenvalue weighted by molar-refractivity contribution is 9.10. The van der Waals surface area contributed by atoms with Gasteiger partial charge in [0.2, 0.25) is 0 Å². The van der Waals surface area contributed by atoms with Crippen molar-refractivity contribution in [3.8, 4) is 0 Å². The molecule has 0 atom stereocenters. The number of H-pyrrole nitrogens is 1. The van der Waals surface area contributed by atoms with Crippen molar-refractivity contribution < 1.29 is 9.34 Å². The maximum absolute atomic E-state index is 10.5. The van der Waals surface area contributed by atoms with Crippen LogP contribution in [0.15, 0.2) is 44.3 Å². The third kappa shape index (κ3) is 2.92. The predicted molar refractivity (Wildman–Crippen MR) is 93.5 cm³/mol. The van der Waals surface area contributed by atoms with Gasteiger partial charge in [0.1, 0.15) is 10.4 Å². The van der Waals surface area contributed by atoms with Crippen molar-refractivity contribution in [3.63, 3.8) is 0 Å².